The molecule has 0 saturated carbocycles. The summed E-state index contributed by atoms with van der Waals surface area (Å²) in [4.78, 5) is 10.9. The molecule has 7 heteroatoms. The number of carbonyl (C=O) groups excluding carboxylic acids is 1. The average Bonchev–Trinajstić information content (AvgIpc) is 2.17. The summed E-state index contributed by atoms with van der Waals surface area (Å²) in [5.41, 5.74) is 0. The number of halogens is 5. The molecule has 0 spiro atoms. The lowest BCUT2D eigenvalue weighted by Crippen LogP contribution is -2.53. The monoisotopic (exact) mass is 261 g/mol. The highest BCUT2D eigenvalue weighted by Gasteiger charge is 2.63. The van der Waals surface area contributed by atoms with Crippen molar-refractivity contribution < 1.29 is 26.7 Å². The Bertz CT molecular complexity index is 260. The number of nitrogens with one attached hydrogen (secondary N) is 1. The lowest BCUT2D eigenvalue weighted by Gasteiger charge is -2.25. The van der Waals surface area contributed by atoms with Crippen LogP contribution in [0.4, 0.5) is 22.0 Å². The van der Waals surface area contributed by atoms with Crippen LogP contribution in [0.5, 0.6) is 0 Å². The van der Waals surface area contributed by atoms with Gasteiger partial charge in [-0.2, -0.15) is 22.0 Å². The minimum atomic E-state index is -5.86. The molecule has 0 aromatic heterocycles. The van der Waals surface area contributed by atoms with E-state index < -0.39 is 24.0 Å². The fourth-order valence-corrected chi connectivity index (χ4v) is 1.54. The molecular formula is C10H16F5NO. The zero-order valence-corrected chi connectivity index (χ0v) is 9.87. The third-order valence-electron chi connectivity index (χ3n) is 2.76. The molecule has 0 aliphatic carbocycles. The van der Waals surface area contributed by atoms with E-state index in [0.29, 0.717) is 12.8 Å². The van der Waals surface area contributed by atoms with Crippen molar-refractivity contribution in [2.75, 3.05) is 0 Å². The molecule has 1 unspecified atom stereocenters. The first-order chi connectivity index (χ1) is 7.57. The second-order valence-electron chi connectivity index (χ2n) is 3.91. The van der Waals surface area contributed by atoms with Gasteiger partial charge in [-0.15, -0.1) is 0 Å². The standard InChI is InChI=1S/C10H16F5NO/c1-4-7(5-2)6(3)16-8(17)9(11,12)10(13,14)15/h6-7H,4-5H2,1-3H3,(H,16,17). The Morgan fingerprint density at radius 2 is 1.53 bits per heavy atom. The van der Waals surface area contributed by atoms with Crippen molar-refractivity contribution in [3.63, 3.8) is 0 Å². The molecule has 2 nitrogen and oxygen atoms in total. The highest BCUT2D eigenvalue weighted by Crippen LogP contribution is 2.35. The lowest BCUT2D eigenvalue weighted by molar-refractivity contribution is -0.270. The Morgan fingerprint density at radius 3 is 1.82 bits per heavy atom. The molecule has 0 bridgehead atoms. The molecule has 102 valence electrons. The van der Waals surface area contributed by atoms with Gasteiger partial charge in [0, 0.05) is 6.04 Å². The van der Waals surface area contributed by atoms with Crippen molar-refractivity contribution in [3.8, 4) is 0 Å². The number of alkyl halides is 5. The highest BCUT2D eigenvalue weighted by molar-refractivity contribution is 5.84. The normalized spacial score (nSPS) is 14.9. The van der Waals surface area contributed by atoms with Crippen molar-refractivity contribution in [1.29, 1.82) is 0 Å². The summed E-state index contributed by atoms with van der Waals surface area (Å²) in [5.74, 6) is -7.75. The van der Waals surface area contributed by atoms with Crippen LogP contribution < -0.4 is 5.32 Å². The zero-order chi connectivity index (χ0) is 13.9. The van der Waals surface area contributed by atoms with Crippen LogP contribution in [0.1, 0.15) is 33.6 Å². The van der Waals surface area contributed by atoms with Crippen LogP contribution >= 0.6 is 0 Å². The van der Waals surface area contributed by atoms with Crippen LogP contribution in [0.2, 0.25) is 0 Å². The third kappa shape index (κ3) is 3.81. The molecule has 0 rings (SSSR count). The largest absolute Gasteiger partial charge is 0.463 e. The van der Waals surface area contributed by atoms with Gasteiger partial charge in [-0.1, -0.05) is 26.7 Å². The molecule has 0 heterocycles. The van der Waals surface area contributed by atoms with E-state index in [1.165, 1.54) is 6.92 Å². The maximum absolute atomic E-state index is 12.6. The van der Waals surface area contributed by atoms with Crippen molar-refractivity contribution in [1.82, 2.24) is 5.32 Å². The predicted molar refractivity (Wildman–Crippen MR) is 52.7 cm³/mol. The van der Waals surface area contributed by atoms with Crippen LogP contribution in [0.3, 0.4) is 0 Å². The molecule has 1 amide bonds. The molecule has 0 aliphatic heterocycles. The van der Waals surface area contributed by atoms with Gasteiger partial charge in [-0.3, -0.25) is 4.79 Å². The Labute approximate surface area is 96.6 Å². The van der Waals surface area contributed by atoms with E-state index in [1.807, 2.05) is 0 Å². The van der Waals surface area contributed by atoms with E-state index in [9.17, 15) is 26.7 Å². The second-order valence-corrected chi connectivity index (χ2v) is 3.91. The van der Waals surface area contributed by atoms with Gasteiger partial charge in [-0.25, -0.2) is 0 Å². The van der Waals surface area contributed by atoms with Crippen LogP contribution in [-0.4, -0.2) is 24.0 Å². The minimum Gasteiger partial charge on any atom is -0.348 e. The van der Waals surface area contributed by atoms with E-state index >= 15 is 0 Å². The molecule has 0 aliphatic rings. The maximum Gasteiger partial charge on any atom is 0.463 e. The van der Waals surface area contributed by atoms with Gasteiger partial charge >= 0.3 is 18.0 Å². The topological polar surface area (TPSA) is 29.1 Å². The average molecular weight is 261 g/mol. The summed E-state index contributed by atoms with van der Waals surface area (Å²) in [6.07, 6.45) is -4.67. The lowest BCUT2D eigenvalue weighted by atomic mass is 9.95. The number of rotatable bonds is 5. The Hall–Kier alpha value is -0.880. The summed E-state index contributed by atoms with van der Waals surface area (Å²) >= 11 is 0. The SMILES string of the molecule is CCC(CC)C(C)NC(=O)C(F)(F)C(F)(F)F. The van der Waals surface area contributed by atoms with E-state index in [0.717, 1.165) is 0 Å². The first kappa shape index (κ1) is 16.1. The zero-order valence-electron chi connectivity index (χ0n) is 9.87. The molecule has 0 radical (unpaired) electrons. The molecule has 17 heavy (non-hydrogen) atoms. The van der Waals surface area contributed by atoms with Crippen molar-refractivity contribution in [2.24, 2.45) is 5.92 Å². The summed E-state index contributed by atoms with van der Waals surface area (Å²) in [7, 11) is 0. The van der Waals surface area contributed by atoms with E-state index in [-0.39, 0.29) is 5.92 Å². The van der Waals surface area contributed by atoms with Gasteiger partial charge < -0.3 is 5.32 Å². The van der Waals surface area contributed by atoms with Crippen LogP contribution in [0.25, 0.3) is 0 Å². The summed E-state index contributed by atoms with van der Waals surface area (Å²) in [6.45, 7) is 4.97. The van der Waals surface area contributed by atoms with Crippen LogP contribution in [-0.2, 0) is 4.79 Å². The maximum atomic E-state index is 12.6. The van der Waals surface area contributed by atoms with Crippen molar-refractivity contribution in [3.05, 3.63) is 0 Å². The summed E-state index contributed by atoms with van der Waals surface area (Å²) < 4.78 is 60.9. The van der Waals surface area contributed by atoms with Gasteiger partial charge in [-0.05, 0) is 12.8 Å². The highest BCUT2D eigenvalue weighted by atomic mass is 19.4. The van der Waals surface area contributed by atoms with E-state index in [2.05, 4.69) is 0 Å². The first-order valence-corrected chi connectivity index (χ1v) is 5.33. The fraction of sp³-hybridized carbons (Fsp3) is 0.900. The minimum absolute atomic E-state index is 0.122. The molecule has 1 N–H and O–H groups in total. The summed E-state index contributed by atoms with van der Waals surface area (Å²) in [5, 5.41) is 1.72. The number of carbonyl (C=O) groups is 1. The van der Waals surface area contributed by atoms with Crippen LogP contribution in [0.15, 0.2) is 0 Å². The molecule has 0 fully saturated rings. The van der Waals surface area contributed by atoms with Gasteiger partial charge in [0.25, 0.3) is 0 Å². The molecule has 0 aromatic carbocycles. The molecule has 1 atom stereocenters. The van der Waals surface area contributed by atoms with Gasteiger partial charge in [0.05, 0.1) is 0 Å². The third-order valence-corrected chi connectivity index (χ3v) is 2.76. The van der Waals surface area contributed by atoms with Crippen LogP contribution in [0, 0.1) is 5.92 Å². The van der Waals surface area contributed by atoms with E-state index in [1.54, 1.807) is 19.2 Å². The van der Waals surface area contributed by atoms with Gasteiger partial charge in [0.1, 0.15) is 0 Å². The molecule has 0 aromatic rings. The summed E-state index contributed by atoms with van der Waals surface area (Å²) in [6, 6.07) is -0.717. The number of amides is 1. The quantitative estimate of drug-likeness (QED) is 0.757. The number of hydrogen-bond acceptors (Lipinski definition) is 1. The van der Waals surface area contributed by atoms with E-state index in [4.69, 9.17) is 0 Å². The molecule has 0 saturated heterocycles. The van der Waals surface area contributed by atoms with Gasteiger partial charge in [0.15, 0.2) is 0 Å². The Morgan fingerprint density at radius 1 is 1.12 bits per heavy atom. The predicted octanol–water partition coefficient (Wildman–Crippen LogP) is 3.12. The van der Waals surface area contributed by atoms with Crippen molar-refractivity contribution in [2.45, 2.75) is 51.8 Å². The second kappa shape index (κ2) is 5.64. The fourth-order valence-electron chi connectivity index (χ4n) is 1.54. The first-order valence-electron chi connectivity index (χ1n) is 5.33. The number of hydrogen-bond donors (Lipinski definition) is 1. The van der Waals surface area contributed by atoms with Gasteiger partial charge in [0.2, 0.25) is 0 Å². The Kier molecular flexibility index (Phi) is 5.35. The smallest absolute Gasteiger partial charge is 0.348 e. The Balaban J connectivity index is 4.65. The van der Waals surface area contributed by atoms with Crippen molar-refractivity contribution >= 4 is 5.91 Å². The molecular weight excluding hydrogens is 245 g/mol.